The van der Waals surface area contributed by atoms with Crippen molar-refractivity contribution in [3.05, 3.63) is 15.8 Å². The molecule has 1 amide bonds. The van der Waals surface area contributed by atoms with Gasteiger partial charge in [0.1, 0.15) is 17.1 Å². The van der Waals surface area contributed by atoms with E-state index in [0.717, 1.165) is 24.3 Å². The van der Waals surface area contributed by atoms with E-state index in [1.54, 1.807) is 6.92 Å². The van der Waals surface area contributed by atoms with Crippen LogP contribution in [0.25, 0.3) is 0 Å². The van der Waals surface area contributed by atoms with Gasteiger partial charge in [0.25, 0.3) is 5.91 Å². The Bertz CT molecular complexity index is 592. The summed E-state index contributed by atoms with van der Waals surface area (Å²) in [4.78, 5) is 13.9. The molecule has 5 nitrogen and oxygen atoms in total. The predicted molar refractivity (Wildman–Crippen MR) is 90.8 cm³/mol. The lowest BCUT2D eigenvalue weighted by Crippen LogP contribution is -2.30. The summed E-state index contributed by atoms with van der Waals surface area (Å²) in [6.45, 7) is 9.16. The van der Waals surface area contributed by atoms with E-state index in [0.29, 0.717) is 17.2 Å². The number of hydrogen-bond acceptors (Lipinski definition) is 5. The van der Waals surface area contributed by atoms with Gasteiger partial charge >= 0.3 is 0 Å². The molecule has 0 aliphatic carbocycles. The predicted octanol–water partition coefficient (Wildman–Crippen LogP) is 3.44. The van der Waals surface area contributed by atoms with Gasteiger partial charge in [-0.25, -0.2) is 0 Å². The highest BCUT2D eigenvalue weighted by Gasteiger charge is 2.23. The van der Waals surface area contributed by atoms with Crippen molar-refractivity contribution in [1.29, 1.82) is 5.26 Å². The molecule has 0 bridgehead atoms. The second kappa shape index (κ2) is 7.43. The number of anilines is 1. The monoisotopic (exact) mass is 336 g/mol. The van der Waals surface area contributed by atoms with Crippen molar-refractivity contribution in [3.8, 4) is 6.07 Å². The smallest absolute Gasteiger partial charge is 0.253 e. The number of carbonyl (C=O) groups is 1. The molecule has 1 aromatic heterocycles. The van der Waals surface area contributed by atoms with Crippen LogP contribution in [0.3, 0.4) is 0 Å². The van der Waals surface area contributed by atoms with Crippen molar-refractivity contribution >= 4 is 22.9 Å². The summed E-state index contributed by atoms with van der Waals surface area (Å²) in [6.07, 6.45) is 1.54. The summed E-state index contributed by atoms with van der Waals surface area (Å²) < 4.78 is 11.1. The molecule has 1 aliphatic rings. The standard InChI is InChI=1S/C17H24N2O3S/c1-11(22-10-12-6-5-7-21-12)16(20)19-13-8-15(17(2,3)4)23-14(13)9-18/h8,11-12H,5-7,10H2,1-4H3,(H,19,20). The van der Waals surface area contributed by atoms with Gasteiger partial charge in [0.15, 0.2) is 0 Å². The molecule has 6 heteroatoms. The molecule has 1 fully saturated rings. The molecule has 1 aromatic rings. The Labute approximate surface area is 141 Å². The number of amides is 1. The molecule has 2 heterocycles. The van der Waals surface area contributed by atoms with Crippen LogP contribution in [-0.2, 0) is 19.7 Å². The van der Waals surface area contributed by atoms with Crippen LogP contribution in [0.15, 0.2) is 6.07 Å². The van der Waals surface area contributed by atoms with E-state index in [1.807, 2.05) is 6.07 Å². The molecule has 2 rings (SSSR count). The lowest BCUT2D eigenvalue weighted by Gasteiger charge is -2.16. The third-order valence-electron chi connectivity index (χ3n) is 3.76. The second-order valence-electron chi connectivity index (χ2n) is 6.82. The SMILES string of the molecule is CC(OCC1CCCO1)C(=O)Nc1cc(C(C)(C)C)sc1C#N. The van der Waals surface area contributed by atoms with Gasteiger partial charge < -0.3 is 14.8 Å². The summed E-state index contributed by atoms with van der Waals surface area (Å²) in [5.41, 5.74) is 0.515. The Morgan fingerprint density at radius 1 is 1.61 bits per heavy atom. The minimum atomic E-state index is -0.580. The highest BCUT2D eigenvalue weighted by Crippen LogP contribution is 2.35. The number of thiophene rings is 1. The molecule has 0 spiro atoms. The van der Waals surface area contributed by atoms with Crippen molar-refractivity contribution in [3.63, 3.8) is 0 Å². The van der Waals surface area contributed by atoms with Crippen LogP contribution in [0.2, 0.25) is 0 Å². The summed E-state index contributed by atoms with van der Waals surface area (Å²) in [5, 5.41) is 12.1. The third kappa shape index (κ3) is 4.77. The topological polar surface area (TPSA) is 71.3 Å². The van der Waals surface area contributed by atoms with Gasteiger partial charge in [-0.05, 0) is 31.2 Å². The first-order chi connectivity index (χ1) is 10.8. The maximum Gasteiger partial charge on any atom is 0.253 e. The molecule has 126 valence electrons. The van der Waals surface area contributed by atoms with E-state index in [9.17, 15) is 10.1 Å². The van der Waals surface area contributed by atoms with E-state index in [2.05, 4.69) is 32.2 Å². The van der Waals surface area contributed by atoms with Crippen molar-refractivity contribution in [2.24, 2.45) is 0 Å². The van der Waals surface area contributed by atoms with E-state index >= 15 is 0 Å². The quantitative estimate of drug-likeness (QED) is 0.894. The molecule has 0 radical (unpaired) electrons. The number of carbonyl (C=O) groups excluding carboxylic acids is 1. The highest BCUT2D eigenvalue weighted by atomic mass is 32.1. The van der Waals surface area contributed by atoms with Crippen LogP contribution in [0.4, 0.5) is 5.69 Å². The molecule has 23 heavy (non-hydrogen) atoms. The molecule has 0 aromatic carbocycles. The summed E-state index contributed by atoms with van der Waals surface area (Å²) in [6, 6.07) is 4.03. The fourth-order valence-electron chi connectivity index (χ4n) is 2.27. The first kappa shape index (κ1) is 17.9. The Balaban J connectivity index is 1.96. The molecule has 1 N–H and O–H groups in total. The number of nitriles is 1. The minimum Gasteiger partial charge on any atom is -0.376 e. The fraction of sp³-hybridized carbons (Fsp3) is 0.647. The number of ether oxygens (including phenoxy) is 2. The zero-order valence-electron chi connectivity index (χ0n) is 14.1. The molecular formula is C17H24N2O3S. The summed E-state index contributed by atoms with van der Waals surface area (Å²) >= 11 is 1.42. The van der Waals surface area contributed by atoms with Crippen molar-refractivity contribution in [2.75, 3.05) is 18.5 Å². The Hall–Kier alpha value is -1.42. The fourth-order valence-corrected chi connectivity index (χ4v) is 3.24. The van der Waals surface area contributed by atoms with Gasteiger partial charge in [-0.1, -0.05) is 20.8 Å². The molecule has 1 aliphatic heterocycles. The minimum absolute atomic E-state index is 0.0544. The third-order valence-corrected chi connectivity index (χ3v) is 5.22. The Morgan fingerprint density at radius 3 is 2.91 bits per heavy atom. The van der Waals surface area contributed by atoms with E-state index in [1.165, 1.54) is 11.3 Å². The van der Waals surface area contributed by atoms with Crippen LogP contribution in [-0.4, -0.2) is 31.3 Å². The average molecular weight is 336 g/mol. The molecule has 2 atom stereocenters. The average Bonchev–Trinajstić information content (AvgIpc) is 3.13. The van der Waals surface area contributed by atoms with E-state index in [-0.39, 0.29) is 17.4 Å². The van der Waals surface area contributed by atoms with Crippen molar-refractivity contribution in [1.82, 2.24) is 0 Å². The Morgan fingerprint density at radius 2 is 2.35 bits per heavy atom. The second-order valence-corrected chi connectivity index (χ2v) is 7.87. The van der Waals surface area contributed by atoms with Crippen LogP contribution < -0.4 is 5.32 Å². The van der Waals surface area contributed by atoms with Gasteiger partial charge in [0.2, 0.25) is 0 Å². The molecule has 0 saturated carbocycles. The molecular weight excluding hydrogens is 312 g/mol. The number of hydrogen-bond donors (Lipinski definition) is 1. The first-order valence-electron chi connectivity index (χ1n) is 7.89. The van der Waals surface area contributed by atoms with Gasteiger partial charge in [0, 0.05) is 11.5 Å². The maximum absolute atomic E-state index is 12.3. The van der Waals surface area contributed by atoms with Crippen LogP contribution in [0, 0.1) is 11.3 Å². The van der Waals surface area contributed by atoms with Gasteiger partial charge in [0.05, 0.1) is 18.4 Å². The largest absolute Gasteiger partial charge is 0.376 e. The van der Waals surface area contributed by atoms with Crippen LogP contribution >= 0.6 is 11.3 Å². The van der Waals surface area contributed by atoms with E-state index < -0.39 is 6.10 Å². The lowest BCUT2D eigenvalue weighted by molar-refractivity contribution is -0.128. The van der Waals surface area contributed by atoms with Gasteiger partial charge in [-0.15, -0.1) is 11.3 Å². The van der Waals surface area contributed by atoms with Gasteiger partial charge in [-0.3, -0.25) is 4.79 Å². The lowest BCUT2D eigenvalue weighted by atomic mass is 9.94. The van der Waals surface area contributed by atoms with E-state index in [4.69, 9.17) is 9.47 Å². The molecule has 2 unspecified atom stereocenters. The number of nitrogens with one attached hydrogen (secondary N) is 1. The first-order valence-corrected chi connectivity index (χ1v) is 8.71. The molecule has 1 saturated heterocycles. The van der Waals surface area contributed by atoms with Gasteiger partial charge in [-0.2, -0.15) is 5.26 Å². The zero-order valence-corrected chi connectivity index (χ0v) is 15.0. The van der Waals surface area contributed by atoms with Crippen LogP contribution in [0.1, 0.15) is 50.3 Å². The maximum atomic E-state index is 12.3. The summed E-state index contributed by atoms with van der Waals surface area (Å²) in [7, 11) is 0. The normalized spacial score (nSPS) is 19.3. The van der Waals surface area contributed by atoms with Crippen LogP contribution in [0.5, 0.6) is 0 Å². The van der Waals surface area contributed by atoms with Crippen molar-refractivity contribution < 1.29 is 14.3 Å². The summed E-state index contributed by atoms with van der Waals surface area (Å²) in [5.74, 6) is -0.238. The zero-order chi connectivity index (χ0) is 17.0. The highest BCUT2D eigenvalue weighted by molar-refractivity contribution is 7.13. The van der Waals surface area contributed by atoms with Crippen molar-refractivity contribution in [2.45, 2.75) is 58.2 Å². The number of nitrogens with zero attached hydrogens (tertiary/aromatic N) is 1. The Kier molecular flexibility index (Phi) is 5.79. The number of rotatable bonds is 5.